The number of nitrogens with one attached hydrogen (secondary N) is 3. The van der Waals surface area contributed by atoms with Crippen molar-refractivity contribution in [1.29, 1.82) is 0 Å². The van der Waals surface area contributed by atoms with Crippen LogP contribution in [0.25, 0.3) is 33.1 Å². The zero-order valence-electron chi connectivity index (χ0n) is 28.7. The van der Waals surface area contributed by atoms with Crippen molar-refractivity contribution in [3.8, 4) is 0 Å². The number of aromatic nitrogens is 11. The van der Waals surface area contributed by atoms with Gasteiger partial charge in [-0.15, -0.1) is 10.2 Å². The molecule has 0 amide bonds. The molecule has 17 nitrogen and oxygen atoms in total. The summed E-state index contributed by atoms with van der Waals surface area (Å²) in [5.41, 5.74) is 5.47. The summed E-state index contributed by atoms with van der Waals surface area (Å²) in [5, 5.41) is 56.5. The molecule has 18 heteroatoms. The molecule has 3 radical (unpaired) electrons. The summed E-state index contributed by atoms with van der Waals surface area (Å²) in [6.07, 6.45) is 11.1. The summed E-state index contributed by atoms with van der Waals surface area (Å²) in [4.78, 5) is 21.1. The van der Waals surface area contributed by atoms with E-state index in [-0.39, 0.29) is 20.2 Å². The number of hydrogen-bond acceptors (Lipinski definition) is 14. The second kappa shape index (κ2) is 17.4. The van der Waals surface area contributed by atoms with Gasteiger partial charge in [-0.05, 0) is 65.5 Å². The lowest BCUT2D eigenvalue weighted by Gasteiger charge is -2.11. The monoisotopic (exact) mass is 727 g/mol. The number of nitrogens with zero attached hydrogens (tertiary/aromatic N) is 11. The van der Waals surface area contributed by atoms with Crippen LogP contribution in [0.2, 0.25) is 0 Å². The van der Waals surface area contributed by atoms with E-state index in [1.165, 1.54) is 6.20 Å². The van der Waals surface area contributed by atoms with E-state index in [1.807, 2.05) is 48.5 Å². The molecule has 0 unspecified atom stereocenters. The highest BCUT2D eigenvalue weighted by molar-refractivity contribution is 5.76. The fourth-order valence-electron chi connectivity index (χ4n) is 4.97. The highest BCUT2D eigenvalue weighted by atomic mass is 16.5. The van der Waals surface area contributed by atoms with E-state index >= 15 is 0 Å². The molecule has 0 bridgehead atoms. The first-order valence-corrected chi connectivity index (χ1v) is 16.2. The van der Waals surface area contributed by atoms with Gasteiger partial charge in [0.25, 0.3) is 23.2 Å². The van der Waals surface area contributed by atoms with Crippen molar-refractivity contribution in [3.63, 3.8) is 0 Å². The van der Waals surface area contributed by atoms with Crippen LogP contribution in [-0.2, 0) is 0 Å². The minimum atomic E-state index is 0. The van der Waals surface area contributed by atoms with Crippen LogP contribution in [0.5, 0.6) is 0 Å². The number of rotatable bonds is 6. The van der Waals surface area contributed by atoms with Gasteiger partial charge in [0.05, 0.1) is 40.6 Å². The van der Waals surface area contributed by atoms with Gasteiger partial charge in [-0.25, -0.2) is 20.0 Å². The highest BCUT2D eigenvalue weighted by Crippen LogP contribution is 2.15. The van der Waals surface area contributed by atoms with Crippen molar-refractivity contribution in [1.82, 2.24) is 40.2 Å². The van der Waals surface area contributed by atoms with E-state index in [9.17, 15) is 15.6 Å². The van der Waals surface area contributed by atoms with E-state index in [1.54, 1.807) is 97.8 Å². The molecule has 0 saturated heterocycles. The third kappa shape index (κ3) is 9.21. The number of fused-ring (bicyclic) bond motifs is 3. The third-order valence-electron chi connectivity index (χ3n) is 7.43. The first kappa shape index (κ1) is 36.6. The molecular weight excluding hydrogens is 699 g/mol. The Balaban J connectivity index is 0.000000139. The quantitative estimate of drug-likeness (QED) is 0.123. The van der Waals surface area contributed by atoms with Crippen LogP contribution in [0, 0.1) is 15.6 Å². The van der Waals surface area contributed by atoms with Crippen molar-refractivity contribution in [2.45, 2.75) is 0 Å². The second-order valence-electron chi connectivity index (χ2n) is 11.1. The van der Waals surface area contributed by atoms with Gasteiger partial charge in [0, 0.05) is 39.1 Å². The van der Waals surface area contributed by atoms with Gasteiger partial charge in [0.15, 0.2) is 0 Å². The van der Waals surface area contributed by atoms with E-state index < -0.39 is 0 Å². The zero-order chi connectivity index (χ0) is 37.1. The maximum Gasteiger partial charge on any atom is 0.349 e. The Labute approximate surface area is 314 Å². The van der Waals surface area contributed by atoms with Gasteiger partial charge in [-0.2, -0.15) is 4.73 Å². The average Bonchev–Trinajstić information content (AvgIpc) is 3.21. The largest absolute Gasteiger partial charge is 0.710 e. The highest BCUT2D eigenvalue weighted by Gasteiger charge is 2.17. The molecule has 55 heavy (non-hydrogen) atoms. The van der Waals surface area contributed by atoms with Crippen molar-refractivity contribution < 1.29 is 14.3 Å². The van der Waals surface area contributed by atoms with Crippen molar-refractivity contribution in [3.05, 3.63) is 168 Å². The Kier molecular flexibility index (Phi) is 11.6. The molecule has 3 N–H and O–H groups in total. The van der Waals surface area contributed by atoms with Crippen LogP contribution in [-0.4, -0.2) is 48.6 Å². The fraction of sp³-hybridized carbons (Fsp3) is 0. The molecule has 6 aromatic heterocycles. The lowest BCUT2D eigenvalue weighted by molar-refractivity contribution is -0.641. The molecular formula is C37H28BN14O3. The van der Waals surface area contributed by atoms with E-state index in [2.05, 4.69) is 56.2 Å². The Morgan fingerprint density at radius 1 is 0.473 bits per heavy atom. The first-order valence-electron chi connectivity index (χ1n) is 16.2. The molecule has 0 aliphatic heterocycles. The molecule has 267 valence electrons. The molecule has 0 spiro atoms. The predicted molar refractivity (Wildman–Crippen MR) is 206 cm³/mol. The minimum absolute atomic E-state index is 0. The standard InChI is InChI=1S/C13H10N4O2.C12H9N5O.C12H9N5.B/c18-16-9-13(15-10-4-3-7-14-8-10)17(19)12-6-2-1-5-11(12)16;18-17-11-6-2-1-5-10(11)15-12(16-17)14-9-4-3-7-13-8-9;1-2-6-11-10(5-1)15-12(17-16-11)14-9-4-3-7-13-8-9;/h1-9,15H;1-8H,(H,14,15,16);1-8H,(H,14,15,17);. The lowest BCUT2D eigenvalue weighted by Crippen LogP contribution is -2.39. The Morgan fingerprint density at radius 2 is 0.982 bits per heavy atom. The van der Waals surface area contributed by atoms with Gasteiger partial charge >= 0.3 is 5.82 Å². The van der Waals surface area contributed by atoms with Crippen molar-refractivity contribution >= 4 is 76.3 Å². The number of benzene rings is 3. The molecule has 9 rings (SSSR count). The predicted octanol–water partition coefficient (Wildman–Crippen LogP) is 4.43. The number of anilines is 6. The number of para-hydroxylation sites is 5. The molecule has 0 atom stereocenters. The summed E-state index contributed by atoms with van der Waals surface area (Å²) < 4.78 is 1.36. The van der Waals surface area contributed by atoms with Crippen LogP contribution >= 0.6 is 0 Å². The van der Waals surface area contributed by atoms with Crippen molar-refractivity contribution in [2.24, 2.45) is 0 Å². The van der Waals surface area contributed by atoms with E-state index in [0.29, 0.717) is 48.0 Å². The van der Waals surface area contributed by atoms with Crippen molar-refractivity contribution in [2.75, 3.05) is 16.0 Å². The SMILES string of the molecule is [B].[O-][n+]1cc(Nc2cccnc2)[n+]([O-])c2ccccc21.[O-][n+]1nc(Nc2cccnc2)nc2ccccc21.c1cncc(Nc2nnc3ccccc3n2)c1. The molecule has 6 heterocycles. The number of pyridine rings is 3. The van der Waals surface area contributed by atoms with E-state index in [4.69, 9.17) is 0 Å². The summed E-state index contributed by atoms with van der Waals surface area (Å²) in [7, 11) is 0. The molecule has 0 aliphatic rings. The Hall–Kier alpha value is -8.15. The molecule has 0 aliphatic carbocycles. The van der Waals surface area contributed by atoms with Crippen LogP contribution < -0.4 is 30.3 Å². The third-order valence-corrected chi connectivity index (χ3v) is 7.43. The topological polar surface area (TPSA) is 220 Å². The first-order chi connectivity index (χ1) is 26.5. The van der Waals surface area contributed by atoms with Gasteiger partial charge in [0.2, 0.25) is 11.5 Å². The lowest BCUT2D eigenvalue weighted by atomic mass is 10.3. The maximum atomic E-state index is 12.2. The van der Waals surface area contributed by atoms with Gasteiger partial charge < -0.3 is 26.3 Å². The van der Waals surface area contributed by atoms with Crippen LogP contribution in [0.4, 0.5) is 34.8 Å². The van der Waals surface area contributed by atoms with Gasteiger partial charge in [-0.1, -0.05) is 36.4 Å². The van der Waals surface area contributed by atoms with Crippen LogP contribution in [0.1, 0.15) is 0 Å². The number of hydrogen-bond donors (Lipinski definition) is 3. The smallest absolute Gasteiger partial charge is 0.349 e. The average molecular weight is 728 g/mol. The summed E-state index contributed by atoms with van der Waals surface area (Å²) in [6, 6.07) is 32.1. The summed E-state index contributed by atoms with van der Waals surface area (Å²) >= 11 is 0. The Morgan fingerprint density at radius 3 is 1.60 bits per heavy atom. The Bertz CT molecular complexity index is 2650. The maximum absolute atomic E-state index is 12.2. The minimum Gasteiger partial charge on any atom is -0.710 e. The second-order valence-corrected chi connectivity index (χ2v) is 11.1. The fourth-order valence-corrected chi connectivity index (χ4v) is 4.97. The molecule has 0 fully saturated rings. The van der Waals surface area contributed by atoms with Crippen LogP contribution in [0.15, 0.2) is 153 Å². The normalized spacial score (nSPS) is 10.3. The summed E-state index contributed by atoms with van der Waals surface area (Å²) in [5.74, 6) is 0.870. The van der Waals surface area contributed by atoms with Gasteiger partial charge in [-0.3, -0.25) is 15.0 Å². The van der Waals surface area contributed by atoms with Crippen LogP contribution in [0.3, 0.4) is 0 Å². The zero-order valence-corrected chi connectivity index (χ0v) is 28.7. The molecule has 3 aromatic carbocycles. The molecule has 0 saturated carbocycles. The van der Waals surface area contributed by atoms with E-state index in [0.717, 1.165) is 22.4 Å². The summed E-state index contributed by atoms with van der Waals surface area (Å²) in [6.45, 7) is 0. The molecule has 9 aromatic rings. The van der Waals surface area contributed by atoms with Gasteiger partial charge in [0.1, 0.15) is 16.7 Å².